The number of hydrogen-bond acceptors (Lipinski definition) is 3. The molecule has 14 heavy (non-hydrogen) atoms. The molecule has 0 fully saturated rings. The van der Waals surface area contributed by atoms with Crippen LogP contribution in [0.5, 0.6) is 0 Å². The number of carboxylic acids is 1. The summed E-state index contributed by atoms with van der Waals surface area (Å²) in [4.78, 5) is 23.2. The number of aliphatic carboxylic acids is 1. The number of carbonyl (C=O) groups excluding carboxylic acids is 1. The average Bonchev–Trinajstić information content (AvgIpc) is 2.13. The van der Waals surface area contributed by atoms with E-state index in [1.165, 1.54) is 4.90 Å². The van der Waals surface area contributed by atoms with Gasteiger partial charge in [-0.2, -0.15) is 0 Å². The summed E-state index contributed by atoms with van der Waals surface area (Å²) < 4.78 is 0. The molecule has 0 aliphatic heterocycles. The van der Waals surface area contributed by atoms with Gasteiger partial charge in [-0.15, -0.1) is 0 Å². The third-order valence-corrected chi connectivity index (χ3v) is 2.06. The Morgan fingerprint density at radius 1 is 1.50 bits per heavy atom. The molecule has 1 atom stereocenters. The summed E-state index contributed by atoms with van der Waals surface area (Å²) in [6, 6.07) is 0. The predicted octanol–water partition coefficient (Wildman–Crippen LogP) is -0.0956. The minimum atomic E-state index is -0.892. The number of amides is 1. The van der Waals surface area contributed by atoms with Crippen LogP contribution in [0, 0.1) is 5.92 Å². The Balaban J connectivity index is 3.91. The summed E-state index contributed by atoms with van der Waals surface area (Å²) in [6.07, 6.45) is 0.619. The maximum atomic E-state index is 11.5. The first-order valence-corrected chi connectivity index (χ1v) is 4.65. The van der Waals surface area contributed by atoms with Crippen LogP contribution in [-0.2, 0) is 9.59 Å². The molecule has 0 radical (unpaired) electrons. The van der Waals surface area contributed by atoms with Crippen LogP contribution < -0.4 is 5.73 Å². The highest BCUT2D eigenvalue weighted by Gasteiger charge is 2.16. The van der Waals surface area contributed by atoms with Crippen molar-refractivity contribution in [2.24, 2.45) is 11.7 Å². The Labute approximate surface area is 83.9 Å². The molecule has 0 aliphatic carbocycles. The van der Waals surface area contributed by atoms with Gasteiger partial charge in [0.15, 0.2) is 0 Å². The SMILES string of the molecule is CC(CCN)C(=O)N(C)CCC(=O)O. The lowest BCUT2D eigenvalue weighted by atomic mass is 10.1. The molecular formula is C9H18N2O3. The molecule has 1 amide bonds. The fraction of sp³-hybridized carbons (Fsp3) is 0.778. The fourth-order valence-electron chi connectivity index (χ4n) is 1.12. The lowest BCUT2D eigenvalue weighted by molar-refractivity contribution is -0.139. The van der Waals surface area contributed by atoms with Gasteiger partial charge in [0.2, 0.25) is 5.91 Å². The summed E-state index contributed by atoms with van der Waals surface area (Å²) in [7, 11) is 1.61. The normalized spacial score (nSPS) is 12.2. The molecule has 5 nitrogen and oxygen atoms in total. The van der Waals surface area contributed by atoms with Gasteiger partial charge in [0.25, 0.3) is 0 Å². The minimum Gasteiger partial charge on any atom is -0.481 e. The van der Waals surface area contributed by atoms with Crippen LogP contribution in [0.4, 0.5) is 0 Å². The minimum absolute atomic E-state index is 0.0163. The number of nitrogens with zero attached hydrogens (tertiary/aromatic N) is 1. The van der Waals surface area contributed by atoms with Crippen molar-refractivity contribution in [3.8, 4) is 0 Å². The van der Waals surface area contributed by atoms with Gasteiger partial charge in [-0.05, 0) is 13.0 Å². The fourth-order valence-corrected chi connectivity index (χ4v) is 1.12. The van der Waals surface area contributed by atoms with E-state index in [1.54, 1.807) is 14.0 Å². The quantitative estimate of drug-likeness (QED) is 0.630. The van der Waals surface area contributed by atoms with E-state index in [-0.39, 0.29) is 24.8 Å². The van der Waals surface area contributed by atoms with Crippen molar-refractivity contribution in [2.45, 2.75) is 19.8 Å². The maximum absolute atomic E-state index is 11.5. The smallest absolute Gasteiger partial charge is 0.305 e. The van der Waals surface area contributed by atoms with E-state index in [1.807, 2.05) is 0 Å². The number of nitrogens with two attached hydrogens (primary N) is 1. The first-order chi connectivity index (χ1) is 6.49. The Kier molecular flexibility index (Phi) is 5.87. The van der Waals surface area contributed by atoms with Crippen molar-refractivity contribution in [3.05, 3.63) is 0 Å². The van der Waals surface area contributed by atoms with Crippen LogP contribution in [0.3, 0.4) is 0 Å². The van der Waals surface area contributed by atoms with E-state index in [2.05, 4.69) is 0 Å². The predicted molar refractivity (Wildman–Crippen MR) is 52.7 cm³/mol. The lowest BCUT2D eigenvalue weighted by Gasteiger charge is -2.20. The van der Waals surface area contributed by atoms with Gasteiger partial charge in [-0.1, -0.05) is 6.92 Å². The molecule has 0 bridgehead atoms. The zero-order valence-corrected chi connectivity index (χ0v) is 8.69. The van der Waals surface area contributed by atoms with Crippen molar-refractivity contribution >= 4 is 11.9 Å². The number of hydrogen-bond donors (Lipinski definition) is 2. The summed E-state index contributed by atoms with van der Waals surface area (Å²) >= 11 is 0. The Hall–Kier alpha value is -1.10. The Morgan fingerprint density at radius 2 is 2.07 bits per heavy atom. The molecule has 0 saturated carbocycles. The van der Waals surface area contributed by atoms with Crippen LogP contribution in [0.2, 0.25) is 0 Å². The van der Waals surface area contributed by atoms with Crippen LogP contribution in [-0.4, -0.2) is 42.0 Å². The number of carbonyl (C=O) groups is 2. The number of rotatable bonds is 6. The van der Waals surface area contributed by atoms with Crippen molar-refractivity contribution in [1.29, 1.82) is 0 Å². The van der Waals surface area contributed by atoms with Gasteiger partial charge in [-0.3, -0.25) is 9.59 Å². The molecule has 0 heterocycles. The van der Waals surface area contributed by atoms with Crippen molar-refractivity contribution in [3.63, 3.8) is 0 Å². The molecule has 0 saturated heterocycles. The first kappa shape index (κ1) is 12.9. The van der Waals surface area contributed by atoms with Gasteiger partial charge in [0.05, 0.1) is 6.42 Å². The van der Waals surface area contributed by atoms with Crippen molar-refractivity contribution < 1.29 is 14.7 Å². The van der Waals surface area contributed by atoms with E-state index in [4.69, 9.17) is 10.8 Å². The molecular weight excluding hydrogens is 184 g/mol. The second kappa shape index (κ2) is 6.37. The van der Waals surface area contributed by atoms with E-state index in [0.29, 0.717) is 13.0 Å². The second-order valence-corrected chi connectivity index (χ2v) is 3.38. The van der Waals surface area contributed by atoms with Gasteiger partial charge in [-0.25, -0.2) is 0 Å². The highest BCUT2D eigenvalue weighted by Crippen LogP contribution is 2.05. The average molecular weight is 202 g/mol. The van der Waals surface area contributed by atoms with Gasteiger partial charge >= 0.3 is 5.97 Å². The maximum Gasteiger partial charge on any atom is 0.305 e. The molecule has 82 valence electrons. The Morgan fingerprint density at radius 3 is 2.50 bits per heavy atom. The van der Waals surface area contributed by atoms with Crippen molar-refractivity contribution in [2.75, 3.05) is 20.1 Å². The van der Waals surface area contributed by atoms with E-state index < -0.39 is 5.97 Å². The lowest BCUT2D eigenvalue weighted by Crippen LogP contribution is -2.34. The molecule has 1 unspecified atom stereocenters. The van der Waals surface area contributed by atoms with Gasteiger partial charge in [0, 0.05) is 19.5 Å². The molecule has 0 spiro atoms. The van der Waals surface area contributed by atoms with Crippen LogP contribution >= 0.6 is 0 Å². The standard InChI is InChI=1S/C9H18N2O3/c1-7(3-5-10)9(14)11(2)6-4-8(12)13/h7H,3-6,10H2,1-2H3,(H,12,13). The summed E-state index contributed by atoms with van der Waals surface area (Å²) in [5.74, 6) is -1.06. The monoisotopic (exact) mass is 202 g/mol. The van der Waals surface area contributed by atoms with Crippen LogP contribution in [0.15, 0.2) is 0 Å². The van der Waals surface area contributed by atoms with E-state index in [0.717, 1.165) is 0 Å². The topological polar surface area (TPSA) is 83.6 Å². The zero-order valence-electron chi connectivity index (χ0n) is 8.69. The summed E-state index contributed by atoms with van der Waals surface area (Å²) in [5, 5.41) is 8.43. The molecule has 5 heteroatoms. The Bertz CT molecular complexity index is 206. The summed E-state index contributed by atoms with van der Waals surface area (Å²) in [5.41, 5.74) is 5.32. The molecule has 0 aliphatic rings. The van der Waals surface area contributed by atoms with Crippen LogP contribution in [0.1, 0.15) is 19.8 Å². The molecule has 0 aromatic carbocycles. The van der Waals surface area contributed by atoms with Crippen LogP contribution in [0.25, 0.3) is 0 Å². The highest BCUT2D eigenvalue weighted by atomic mass is 16.4. The molecule has 0 aromatic heterocycles. The summed E-state index contributed by atoms with van der Waals surface area (Å²) in [6.45, 7) is 2.52. The third kappa shape index (κ3) is 4.81. The molecule has 0 rings (SSSR count). The second-order valence-electron chi connectivity index (χ2n) is 3.38. The molecule has 3 N–H and O–H groups in total. The first-order valence-electron chi connectivity index (χ1n) is 4.65. The van der Waals surface area contributed by atoms with Gasteiger partial charge < -0.3 is 15.7 Å². The number of carboxylic acid groups (broad SMARTS) is 1. The van der Waals surface area contributed by atoms with Gasteiger partial charge in [0.1, 0.15) is 0 Å². The zero-order chi connectivity index (χ0) is 11.1. The van der Waals surface area contributed by atoms with E-state index in [9.17, 15) is 9.59 Å². The highest BCUT2D eigenvalue weighted by molar-refractivity contribution is 5.78. The third-order valence-electron chi connectivity index (χ3n) is 2.06. The molecule has 0 aromatic rings. The largest absolute Gasteiger partial charge is 0.481 e. The van der Waals surface area contributed by atoms with Crippen molar-refractivity contribution in [1.82, 2.24) is 4.90 Å². The van der Waals surface area contributed by atoms with E-state index >= 15 is 0 Å².